The third-order valence-corrected chi connectivity index (χ3v) is 1.91. The van der Waals surface area contributed by atoms with Crippen LogP contribution in [0, 0.1) is 0 Å². The summed E-state index contributed by atoms with van der Waals surface area (Å²) in [6, 6.07) is 0. The smallest absolute Gasteiger partial charge is 0.198 e. The van der Waals surface area contributed by atoms with E-state index >= 15 is 0 Å². The first-order chi connectivity index (χ1) is 6.29. The van der Waals surface area contributed by atoms with Gasteiger partial charge >= 0.3 is 0 Å². The van der Waals surface area contributed by atoms with E-state index in [-0.39, 0.29) is 5.78 Å². The number of imidazole rings is 1. The molecule has 0 saturated carbocycles. The quantitative estimate of drug-likeness (QED) is 0.651. The van der Waals surface area contributed by atoms with Crippen LogP contribution >= 0.6 is 0 Å². The first kappa shape index (κ1) is 9.96. The van der Waals surface area contributed by atoms with Crippen LogP contribution in [0.15, 0.2) is 12.4 Å². The molecule has 0 N–H and O–H groups in total. The third kappa shape index (κ3) is 2.41. The van der Waals surface area contributed by atoms with E-state index < -0.39 is 0 Å². The van der Waals surface area contributed by atoms with Crippen molar-refractivity contribution in [2.45, 2.75) is 39.7 Å². The summed E-state index contributed by atoms with van der Waals surface area (Å²) in [5.41, 5.74) is 0. The monoisotopic (exact) mass is 180 g/mol. The van der Waals surface area contributed by atoms with Crippen molar-refractivity contribution in [2.24, 2.45) is 0 Å². The molecule has 0 saturated heterocycles. The summed E-state index contributed by atoms with van der Waals surface area (Å²) >= 11 is 0. The molecule has 0 aliphatic rings. The molecule has 1 aromatic rings. The first-order valence-electron chi connectivity index (χ1n) is 4.84. The maximum absolute atomic E-state index is 11.5. The SMILES string of the molecule is CCCC(=O)c1nccn1CCC. The van der Waals surface area contributed by atoms with E-state index in [1.807, 2.05) is 17.7 Å². The average Bonchev–Trinajstić information content (AvgIpc) is 2.54. The summed E-state index contributed by atoms with van der Waals surface area (Å²) in [6.45, 7) is 4.98. The summed E-state index contributed by atoms with van der Waals surface area (Å²) in [5.74, 6) is 0.768. The summed E-state index contributed by atoms with van der Waals surface area (Å²) in [4.78, 5) is 15.6. The molecule has 0 aliphatic carbocycles. The van der Waals surface area contributed by atoms with Crippen molar-refractivity contribution in [1.29, 1.82) is 0 Å². The van der Waals surface area contributed by atoms with Gasteiger partial charge in [-0.1, -0.05) is 13.8 Å². The van der Waals surface area contributed by atoms with Crippen molar-refractivity contribution in [3.8, 4) is 0 Å². The highest BCUT2D eigenvalue weighted by Crippen LogP contribution is 2.04. The van der Waals surface area contributed by atoms with E-state index in [2.05, 4.69) is 11.9 Å². The number of rotatable bonds is 5. The minimum Gasteiger partial charge on any atom is -0.329 e. The Morgan fingerprint density at radius 2 is 2.23 bits per heavy atom. The third-order valence-electron chi connectivity index (χ3n) is 1.91. The number of carbonyl (C=O) groups is 1. The van der Waals surface area contributed by atoms with Crippen LogP contribution in [0.3, 0.4) is 0 Å². The highest BCUT2D eigenvalue weighted by molar-refractivity contribution is 5.92. The second kappa shape index (κ2) is 4.80. The van der Waals surface area contributed by atoms with Crippen molar-refractivity contribution in [3.63, 3.8) is 0 Å². The van der Waals surface area contributed by atoms with E-state index in [9.17, 15) is 4.79 Å². The summed E-state index contributed by atoms with van der Waals surface area (Å²) in [7, 11) is 0. The highest BCUT2D eigenvalue weighted by Gasteiger charge is 2.10. The van der Waals surface area contributed by atoms with E-state index in [0.29, 0.717) is 12.2 Å². The van der Waals surface area contributed by atoms with Crippen molar-refractivity contribution in [2.75, 3.05) is 0 Å². The zero-order chi connectivity index (χ0) is 9.68. The van der Waals surface area contributed by atoms with Crippen LogP contribution in [0.5, 0.6) is 0 Å². The molecule has 0 spiro atoms. The lowest BCUT2D eigenvalue weighted by atomic mass is 10.2. The van der Waals surface area contributed by atoms with Gasteiger partial charge in [-0.05, 0) is 12.8 Å². The number of hydrogen-bond acceptors (Lipinski definition) is 2. The number of nitrogens with zero attached hydrogens (tertiary/aromatic N) is 2. The van der Waals surface area contributed by atoms with Crippen molar-refractivity contribution >= 4 is 5.78 Å². The maximum Gasteiger partial charge on any atom is 0.198 e. The molecule has 72 valence electrons. The molecule has 3 nitrogen and oxygen atoms in total. The van der Waals surface area contributed by atoms with Crippen LogP contribution < -0.4 is 0 Å². The van der Waals surface area contributed by atoms with Gasteiger partial charge in [-0.2, -0.15) is 0 Å². The lowest BCUT2D eigenvalue weighted by Crippen LogP contribution is -2.09. The molecule has 0 atom stereocenters. The standard InChI is InChI=1S/C10H16N2O/c1-3-5-9(13)10-11-6-8-12(10)7-4-2/h6,8H,3-5,7H2,1-2H3. The topological polar surface area (TPSA) is 34.9 Å². The van der Waals surface area contributed by atoms with E-state index in [0.717, 1.165) is 19.4 Å². The Bertz CT molecular complexity index is 278. The molecular weight excluding hydrogens is 164 g/mol. The van der Waals surface area contributed by atoms with Gasteiger partial charge in [-0.25, -0.2) is 4.98 Å². The van der Waals surface area contributed by atoms with Gasteiger partial charge in [0.1, 0.15) is 0 Å². The Morgan fingerprint density at radius 1 is 1.46 bits per heavy atom. The molecule has 0 bridgehead atoms. The fraction of sp³-hybridized carbons (Fsp3) is 0.600. The zero-order valence-corrected chi connectivity index (χ0v) is 8.29. The van der Waals surface area contributed by atoms with Crippen LogP contribution in [-0.2, 0) is 6.54 Å². The molecule has 0 unspecified atom stereocenters. The van der Waals surface area contributed by atoms with Gasteiger partial charge in [0.25, 0.3) is 0 Å². The summed E-state index contributed by atoms with van der Waals surface area (Å²) < 4.78 is 1.93. The molecule has 0 fully saturated rings. The Hall–Kier alpha value is -1.12. The molecule has 0 amide bonds. The number of hydrogen-bond donors (Lipinski definition) is 0. The lowest BCUT2D eigenvalue weighted by molar-refractivity contribution is 0.0967. The van der Waals surface area contributed by atoms with Crippen LogP contribution in [-0.4, -0.2) is 15.3 Å². The predicted octanol–water partition coefficient (Wildman–Crippen LogP) is 2.28. The minimum absolute atomic E-state index is 0.154. The number of Topliss-reactive ketones (excluding diaryl/α,β-unsaturated/α-hetero) is 1. The minimum atomic E-state index is 0.154. The number of carbonyl (C=O) groups excluding carboxylic acids is 1. The number of aryl methyl sites for hydroxylation is 1. The summed E-state index contributed by atoms with van der Waals surface area (Å²) in [6.07, 6.45) is 6.08. The Labute approximate surface area is 78.8 Å². The maximum atomic E-state index is 11.5. The normalized spacial score (nSPS) is 10.3. The number of ketones is 1. The van der Waals surface area contributed by atoms with Crippen LogP contribution in [0.4, 0.5) is 0 Å². The van der Waals surface area contributed by atoms with Crippen LogP contribution in [0.25, 0.3) is 0 Å². The largest absolute Gasteiger partial charge is 0.329 e. The Balaban J connectivity index is 2.74. The van der Waals surface area contributed by atoms with E-state index in [1.54, 1.807) is 6.20 Å². The average molecular weight is 180 g/mol. The van der Waals surface area contributed by atoms with Gasteiger partial charge < -0.3 is 4.57 Å². The molecule has 0 radical (unpaired) electrons. The predicted molar refractivity (Wildman–Crippen MR) is 51.8 cm³/mol. The van der Waals surface area contributed by atoms with Gasteiger partial charge in [0.05, 0.1) is 0 Å². The van der Waals surface area contributed by atoms with Gasteiger partial charge in [0.15, 0.2) is 11.6 Å². The zero-order valence-electron chi connectivity index (χ0n) is 8.29. The molecular formula is C10H16N2O. The molecule has 0 aromatic carbocycles. The Morgan fingerprint density at radius 3 is 2.85 bits per heavy atom. The highest BCUT2D eigenvalue weighted by atomic mass is 16.1. The van der Waals surface area contributed by atoms with E-state index in [4.69, 9.17) is 0 Å². The van der Waals surface area contributed by atoms with Gasteiger partial charge in [0.2, 0.25) is 0 Å². The fourth-order valence-corrected chi connectivity index (χ4v) is 1.32. The van der Waals surface area contributed by atoms with Crippen molar-refractivity contribution in [1.82, 2.24) is 9.55 Å². The second-order valence-corrected chi connectivity index (χ2v) is 3.12. The van der Waals surface area contributed by atoms with Crippen molar-refractivity contribution in [3.05, 3.63) is 18.2 Å². The van der Waals surface area contributed by atoms with Crippen molar-refractivity contribution < 1.29 is 4.79 Å². The Kier molecular flexibility index (Phi) is 3.68. The van der Waals surface area contributed by atoms with Gasteiger partial charge in [-0.15, -0.1) is 0 Å². The molecule has 1 heterocycles. The molecule has 3 heteroatoms. The summed E-state index contributed by atoms with van der Waals surface area (Å²) in [5, 5.41) is 0. The van der Waals surface area contributed by atoms with Gasteiger partial charge in [-0.3, -0.25) is 4.79 Å². The van der Waals surface area contributed by atoms with E-state index in [1.165, 1.54) is 0 Å². The molecule has 1 aromatic heterocycles. The number of aromatic nitrogens is 2. The van der Waals surface area contributed by atoms with Crippen LogP contribution in [0.2, 0.25) is 0 Å². The molecule has 0 aliphatic heterocycles. The first-order valence-corrected chi connectivity index (χ1v) is 4.84. The lowest BCUT2D eigenvalue weighted by Gasteiger charge is -2.03. The second-order valence-electron chi connectivity index (χ2n) is 3.12. The fourth-order valence-electron chi connectivity index (χ4n) is 1.32. The molecule has 13 heavy (non-hydrogen) atoms. The van der Waals surface area contributed by atoms with Crippen LogP contribution in [0.1, 0.15) is 43.7 Å². The molecule has 1 rings (SSSR count). The van der Waals surface area contributed by atoms with Gasteiger partial charge in [0, 0.05) is 25.4 Å².